The number of halogens is 3. The van der Waals surface area contributed by atoms with Crippen molar-refractivity contribution in [1.29, 1.82) is 0 Å². The van der Waals surface area contributed by atoms with Crippen LogP contribution in [-0.2, 0) is 0 Å². The van der Waals surface area contributed by atoms with Crippen LogP contribution in [0.15, 0.2) is 35.7 Å². The first-order valence-corrected chi connectivity index (χ1v) is 10.3. The molecule has 1 saturated carbocycles. The van der Waals surface area contributed by atoms with Crippen molar-refractivity contribution in [2.75, 3.05) is 0 Å². The van der Waals surface area contributed by atoms with Crippen LogP contribution in [0.4, 0.5) is 13.2 Å². The molecule has 3 rings (SSSR count). The van der Waals surface area contributed by atoms with Gasteiger partial charge in [-0.15, -0.1) is 0 Å². The molecule has 1 unspecified atom stereocenters. The summed E-state index contributed by atoms with van der Waals surface area (Å²) in [5.74, 6) is 1.15. The Labute approximate surface area is 161 Å². The number of hydrogen-bond acceptors (Lipinski definition) is 1. The fourth-order valence-electron chi connectivity index (χ4n) is 4.42. The Kier molecular flexibility index (Phi) is 6.54. The van der Waals surface area contributed by atoms with Gasteiger partial charge in [-0.2, -0.15) is 8.78 Å². The molecule has 4 heteroatoms. The normalized spacial score (nSPS) is 26.9. The van der Waals surface area contributed by atoms with Gasteiger partial charge in [0.15, 0.2) is 0 Å². The van der Waals surface area contributed by atoms with E-state index < -0.39 is 17.5 Å². The van der Waals surface area contributed by atoms with Crippen LogP contribution in [0.3, 0.4) is 0 Å². The molecule has 0 saturated heterocycles. The van der Waals surface area contributed by atoms with Gasteiger partial charge in [-0.25, -0.2) is 4.39 Å². The van der Waals surface area contributed by atoms with E-state index in [1.165, 1.54) is 37.8 Å². The van der Waals surface area contributed by atoms with Crippen molar-refractivity contribution in [2.45, 2.75) is 77.7 Å². The molecule has 2 aliphatic carbocycles. The molecule has 1 nitrogen and oxygen atoms in total. The molecule has 1 atom stereocenters. The third-order valence-corrected chi connectivity index (χ3v) is 6.33. The molecule has 2 aliphatic rings. The van der Waals surface area contributed by atoms with Gasteiger partial charge in [-0.3, -0.25) is 0 Å². The third-order valence-electron chi connectivity index (χ3n) is 6.33. The molecule has 1 aromatic rings. The Morgan fingerprint density at radius 3 is 2.22 bits per heavy atom. The van der Waals surface area contributed by atoms with Crippen LogP contribution in [0.25, 0.3) is 0 Å². The lowest BCUT2D eigenvalue weighted by Gasteiger charge is -2.30. The Morgan fingerprint density at radius 1 is 0.963 bits per heavy atom. The second-order valence-corrected chi connectivity index (χ2v) is 8.63. The van der Waals surface area contributed by atoms with Gasteiger partial charge >= 0.3 is 6.11 Å². The molecule has 0 bridgehead atoms. The van der Waals surface area contributed by atoms with Crippen molar-refractivity contribution < 1.29 is 17.9 Å². The SMILES string of the molecule is Cc1ccc(OC(F)(F)C2=C(F)CC(CCC3CCC(C)CC3)CC2)cc1. The van der Waals surface area contributed by atoms with E-state index in [0.29, 0.717) is 6.42 Å². The summed E-state index contributed by atoms with van der Waals surface area (Å²) in [5, 5.41) is 0. The number of ether oxygens (including phenoxy) is 1. The maximum Gasteiger partial charge on any atom is 0.425 e. The molecule has 0 amide bonds. The molecule has 0 spiro atoms. The molecule has 1 fully saturated rings. The molecule has 0 radical (unpaired) electrons. The lowest BCUT2D eigenvalue weighted by molar-refractivity contribution is -0.147. The van der Waals surface area contributed by atoms with Gasteiger partial charge in [0.2, 0.25) is 0 Å². The number of aryl methyl sites for hydroxylation is 1. The second kappa shape index (κ2) is 8.70. The number of alkyl halides is 2. The van der Waals surface area contributed by atoms with Crippen LogP contribution in [0.5, 0.6) is 5.75 Å². The first-order valence-electron chi connectivity index (χ1n) is 10.3. The summed E-state index contributed by atoms with van der Waals surface area (Å²) < 4.78 is 48.3. The number of benzene rings is 1. The van der Waals surface area contributed by atoms with E-state index in [9.17, 15) is 13.2 Å². The minimum absolute atomic E-state index is 0.0690. The van der Waals surface area contributed by atoms with E-state index in [2.05, 4.69) is 6.92 Å². The summed E-state index contributed by atoms with van der Waals surface area (Å²) >= 11 is 0. The largest absolute Gasteiger partial charge is 0.429 e. The Bertz CT molecular complexity index is 642. The second-order valence-electron chi connectivity index (χ2n) is 8.63. The fraction of sp³-hybridized carbons (Fsp3) is 0.652. The van der Waals surface area contributed by atoms with E-state index in [0.717, 1.165) is 30.2 Å². The van der Waals surface area contributed by atoms with Gasteiger partial charge in [-0.1, -0.05) is 56.7 Å². The lowest BCUT2D eigenvalue weighted by atomic mass is 9.77. The Hall–Kier alpha value is -1.45. The van der Waals surface area contributed by atoms with Crippen molar-refractivity contribution in [3.05, 3.63) is 41.2 Å². The van der Waals surface area contributed by atoms with Crippen LogP contribution < -0.4 is 4.74 Å². The van der Waals surface area contributed by atoms with Gasteiger partial charge in [-0.05, 0) is 56.1 Å². The average Bonchev–Trinajstić information content (AvgIpc) is 2.63. The fourth-order valence-corrected chi connectivity index (χ4v) is 4.42. The third kappa shape index (κ3) is 5.52. The zero-order valence-electron chi connectivity index (χ0n) is 16.4. The van der Waals surface area contributed by atoms with E-state index in [4.69, 9.17) is 4.74 Å². The zero-order chi connectivity index (χ0) is 19.4. The van der Waals surface area contributed by atoms with E-state index >= 15 is 0 Å². The summed E-state index contributed by atoms with van der Waals surface area (Å²) in [6.45, 7) is 4.18. The van der Waals surface area contributed by atoms with Crippen molar-refractivity contribution in [3.63, 3.8) is 0 Å². The molecule has 0 aliphatic heterocycles. The molecule has 0 aromatic heterocycles. The molecule has 0 N–H and O–H groups in total. The van der Waals surface area contributed by atoms with Crippen LogP contribution in [0, 0.1) is 24.7 Å². The van der Waals surface area contributed by atoms with Gasteiger partial charge in [0.05, 0.1) is 5.57 Å². The first kappa shape index (κ1) is 20.3. The molecular weight excluding hydrogens is 349 g/mol. The minimum atomic E-state index is -3.58. The maximum atomic E-state index is 14.5. The van der Waals surface area contributed by atoms with Crippen molar-refractivity contribution in [2.24, 2.45) is 17.8 Å². The molecule has 0 heterocycles. The molecule has 1 aromatic carbocycles. The van der Waals surface area contributed by atoms with E-state index in [-0.39, 0.29) is 24.5 Å². The predicted molar refractivity (Wildman–Crippen MR) is 103 cm³/mol. The first-order chi connectivity index (χ1) is 12.8. The highest BCUT2D eigenvalue weighted by atomic mass is 19.3. The Morgan fingerprint density at radius 2 is 1.59 bits per heavy atom. The molecule has 150 valence electrons. The topological polar surface area (TPSA) is 9.23 Å². The minimum Gasteiger partial charge on any atom is -0.429 e. The molecule has 27 heavy (non-hydrogen) atoms. The van der Waals surface area contributed by atoms with Crippen LogP contribution in [0.1, 0.15) is 70.3 Å². The summed E-state index contributed by atoms with van der Waals surface area (Å²) in [6, 6.07) is 6.41. The van der Waals surface area contributed by atoms with Crippen molar-refractivity contribution >= 4 is 0 Å². The quantitative estimate of drug-likeness (QED) is 0.494. The van der Waals surface area contributed by atoms with Gasteiger partial charge in [0.25, 0.3) is 0 Å². The average molecular weight is 380 g/mol. The predicted octanol–water partition coefficient (Wildman–Crippen LogP) is 7.60. The van der Waals surface area contributed by atoms with Crippen molar-refractivity contribution in [1.82, 2.24) is 0 Å². The van der Waals surface area contributed by atoms with E-state index in [1.54, 1.807) is 12.1 Å². The lowest BCUT2D eigenvalue weighted by Crippen LogP contribution is -2.30. The Balaban J connectivity index is 1.54. The van der Waals surface area contributed by atoms with Crippen LogP contribution >= 0.6 is 0 Å². The van der Waals surface area contributed by atoms with E-state index in [1.807, 2.05) is 6.92 Å². The number of hydrogen-bond donors (Lipinski definition) is 0. The summed E-state index contributed by atoms with van der Waals surface area (Å²) in [4.78, 5) is 0. The van der Waals surface area contributed by atoms with Crippen LogP contribution in [-0.4, -0.2) is 6.11 Å². The highest BCUT2D eigenvalue weighted by molar-refractivity contribution is 5.28. The molecular formula is C23H31F3O. The monoisotopic (exact) mass is 380 g/mol. The highest BCUT2D eigenvalue weighted by Gasteiger charge is 2.42. The number of rotatable bonds is 6. The maximum absolute atomic E-state index is 14.5. The smallest absolute Gasteiger partial charge is 0.425 e. The summed E-state index contributed by atoms with van der Waals surface area (Å²) in [6.07, 6.45) is 4.41. The summed E-state index contributed by atoms with van der Waals surface area (Å²) in [7, 11) is 0. The van der Waals surface area contributed by atoms with Crippen molar-refractivity contribution in [3.8, 4) is 5.75 Å². The van der Waals surface area contributed by atoms with Crippen LogP contribution in [0.2, 0.25) is 0 Å². The number of allylic oxidation sites excluding steroid dienone is 1. The standard InChI is InChI=1S/C23H31F3O/c1-16-3-7-18(8-4-16)9-10-19-11-14-21(22(24)15-19)23(25,26)27-20-12-5-17(2)6-13-20/h5-6,12-13,16,18-19H,3-4,7-11,14-15H2,1-2H3. The summed E-state index contributed by atoms with van der Waals surface area (Å²) in [5.41, 5.74) is 0.495. The highest BCUT2D eigenvalue weighted by Crippen LogP contribution is 2.42. The van der Waals surface area contributed by atoms with Gasteiger partial charge in [0.1, 0.15) is 11.6 Å². The van der Waals surface area contributed by atoms with Gasteiger partial charge < -0.3 is 4.74 Å². The zero-order valence-corrected chi connectivity index (χ0v) is 16.4. The van der Waals surface area contributed by atoms with Gasteiger partial charge in [0, 0.05) is 6.42 Å².